The number of fused-ring (bicyclic) bond motifs is 4. The minimum Gasteiger partial charge on any atom is -0.455 e. The van der Waals surface area contributed by atoms with Crippen molar-refractivity contribution < 1.29 is 4.42 Å². The lowest BCUT2D eigenvalue weighted by molar-refractivity contribution is 0.668. The highest BCUT2D eigenvalue weighted by atomic mass is 16.3. The summed E-state index contributed by atoms with van der Waals surface area (Å²) in [7, 11) is 0. The van der Waals surface area contributed by atoms with Crippen LogP contribution in [0.5, 0.6) is 0 Å². The zero-order valence-corrected chi connectivity index (χ0v) is 25.0. The maximum absolute atomic E-state index is 6.56. The van der Waals surface area contributed by atoms with Gasteiger partial charge in [0.2, 0.25) is 0 Å². The monoisotopic (exact) mass is 548 g/mol. The molecular weight excluding hydrogens is 512 g/mol. The van der Waals surface area contributed by atoms with E-state index in [1.54, 1.807) is 0 Å². The minimum atomic E-state index is 0.376. The van der Waals surface area contributed by atoms with Crippen LogP contribution in [-0.4, -0.2) is 9.55 Å². The Morgan fingerprint density at radius 1 is 0.714 bits per heavy atom. The molecule has 0 radical (unpaired) electrons. The molecule has 0 aliphatic heterocycles. The van der Waals surface area contributed by atoms with Gasteiger partial charge in [-0.3, -0.25) is 0 Å². The molecule has 0 amide bonds. The van der Waals surface area contributed by atoms with Gasteiger partial charge >= 0.3 is 0 Å². The van der Waals surface area contributed by atoms with Crippen LogP contribution < -0.4 is 0 Å². The van der Waals surface area contributed by atoms with Crippen LogP contribution in [0, 0.1) is 6.92 Å². The zero-order chi connectivity index (χ0) is 29.0. The fourth-order valence-electron chi connectivity index (χ4n) is 6.53. The summed E-state index contributed by atoms with van der Waals surface area (Å²) < 4.78 is 8.96. The number of nitrogens with zero attached hydrogens (tertiary/aromatic N) is 2. The number of imidazole rings is 1. The molecule has 208 valence electrons. The van der Waals surface area contributed by atoms with Crippen LogP contribution in [0.15, 0.2) is 108 Å². The Morgan fingerprint density at radius 2 is 1.40 bits per heavy atom. The number of benzene rings is 5. The Balaban J connectivity index is 1.48. The number of hydrogen-bond acceptors (Lipinski definition) is 2. The lowest BCUT2D eigenvalue weighted by Gasteiger charge is -2.23. The largest absolute Gasteiger partial charge is 0.455 e. The van der Waals surface area contributed by atoms with Gasteiger partial charge in [-0.25, -0.2) is 4.98 Å². The average molecular weight is 549 g/mol. The van der Waals surface area contributed by atoms with Gasteiger partial charge in [0.1, 0.15) is 17.0 Å². The maximum Gasteiger partial charge on any atom is 0.146 e. The van der Waals surface area contributed by atoms with E-state index in [9.17, 15) is 0 Å². The summed E-state index contributed by atoms with van der Waals surface area (Å²) in [6, 6.07) is 36.8. The molecule has 42 heavy (non-hydrogen) atoms. The van der Waals surface area contributed by atoms with E-state index in [2.05, 4.69) is 142 Å². The molecule has 7 aromatic rings. The van der Waals surface area contributed by atoms with Gasteiger partial charge in [0, 0.05) is 10.8 Å². The van der Waals surface area contributed by atoms with Crippen molar-refractivity contribution in [2.24, 2.45) is 0 Å². The fraction of sp³-hybridized carbons (Fsp3) is 0.205. The topological polar surface area (TPSA) is 31.0 Å². The highest BCUT2D eigenvalue weighted by Crippen LogP contribution is 2.40. The number of para-hydroxylation sites is 3. The number of furan rings is 1. The van der Waals surface area contributed by atoms with Crippen molar-refractivity contribution in [2.45, 2.75) is 53.0 Å². The highest BCUT2D eigenvalue weighted by molar-refractivity contribution is 6.10. The molecule has 0 N–H and O–H groups in total. The zero-order valence-electron chi connectivity index (χ0n) is 25.0. The first-order valence-corrected chi connectivity index (χ1v) is 15.0. The van der Waals surface area contributed by atoms with E-state index in [1.807, 2.05) is 0 Å². The quantitative estimate of drug-likeness (QED) is 0.207. The molecule has 3 heteroatoms. The number of rotatable bonds is 6. The van der Waals surface area contributed by atoms with Crippen molar-refractivity contribution in [2.75, 3.05) is 0 Å². The van der Waals surface area contributed by atoms with Gasteiger partial charge in [-0.1, -0.05) is 107 Å². The molecule has 2 aromatic heterocycles. The Hall–Kier alpha value is -4.63. The lowest BCUT2D eigenvalue weighted by atomic mass is 9.85. The molecule has 0 fully saturated rings. The fourth-order valence-corrected chi connectivity index (χ4v) is 6.53. The van der Waals surface area contributed by atoms with Crippen LogP contribution >= 0.6 is 0 Å². The van der Waals surface area contributed by atoms with Crippen LogP contribution in [-0.2, 0) is 6.54 Å². The molecule has 0 bridgehead atoms. The highest BCUT2D eigenvalue weighted by Gasteiger charge is 2.23. The van der Waals surface area contributed by atoms with E-state index in [1.165, 1.54) is 38.8 Å². The summed E-state index contributed by atoms with van der Waals surface area (Å²) in [4.78, 5) is 5.24. The third-order valence-corrected chi connectivity index (χ3v) is 8.61. The van der Waals surface area contributed by atoms with Gasteiger partial charge in [-0.2, -0.15) is 0 Å². The first-order valence-electron chi connectivity index (χ1n) is 15.0. The molecule has 0 saturated heterocycles. The van der Waals surface area contributed by atoms with Crippen LogP contribution in [0.2, 0.25) is 0 Å². The summed E-state index contributed by atoms with van der Waals surface area (Å²) in [5, 5.41) is 2.31. The van der Waals surface area contributed by atoms with E-state index in [0.29, 0.717) is 11.8 Å². The van der Waals surface area contributed by atoms with Crippen molar-refractivity contribution in [1.29, 1.82) is 0 Å². The third kappa shape index (κ3) is 4.32. The Kier molecular flexibility index (Phi) is 6.46. The van der Waals surface area contributed by atoms with Crippen molar-refractivity contribution in [3.05, 3.63) is 125 Å². The Labute approximate surface area is 247 Å². The molecule has 0 aliphatic rings. The smallest absolute Gasteiger partial charge is 0.146 e. The Morgan fingerprint density at radius 3 is 2.14 bits per heavy atom. The van der Waals surface area contributed by atoms with Gasteiger partial charge in [0.05, 0.1) is 23.1 Å². The molecule has 7 rings (SSSR count). The SMILES string of the molecule is Cc1cccc2oc3c(-c4nc5ccccc5n4Cc4c(C(C)C)cc(-c5ccccc5)cc4C(C)C)cccc3c12. The first kappa shape index (κ1) is 26.3. The van der Waals surface area contributed by atoms with Gasteiger partial charge < -0.3 is 8.98 Å². The molecule has 2 heterocycles. The summed E-state index contributed by atoms with van der Waals surface area (Å²) in [5.74, 6) is 1.69. The van der Waals surface area contributed by atoms with Crippen molar-refractivity contribution in [3.63, 3.8) is 0 Å². The predicted octanol–water partition coefficient (Wildman–Crippen LogP) is 10.9. The summed E-state index contributed by atoms with van der Waals surface area (Å²) >= 11 is 0. The minimum absolute atomic E-state index is 0.376. The molecule has 5 aromatic carbocycles. The summed E-state index contributed by atoms with van der Waals surface area (Å²) in [5.41, 5.74) is 12.9. The number of aryl methyl sites for hydroxylation is 1. The van der Waals surface area contributed by atoms with Crippen LogP contribution in [0.1, 0.15) is 61.8 Å². The standard InChI is InChI=1S/C39H36N2O/c1-24(2)31-21-28(27-14-7-6-8-15-27)22-32(25(3)4)33(31)23-41-35-19-10-9-18-34(35)40-39(41)30-17-12-16-29-37-26(5)13-11-20-36(37)42-38(29)30/h6-22,24-25H,23H2,1-5H3. The third-order valence-electron chi connectivity index (χ3n) is 8.61. The van der Waals surface area contributed by atoms with Crippen molar-refractivity contribution in [3.8, 4) is 22.5 Å². The molecule has 0 aliphatic carbocycles. The second-order valence-corrected chi connectivity index (χ2v) is 12.1. The van der Waals surface area contributed by atoms with E-state index >= 15 is 0 Å². The van der Waals surface area contributed by atoms with Gasteiger partial charge in [0.25, 0.3) is 0 Å². The molecular formula is C39H36N2O. The molecule has 0 unspecified atom stereocenters. The van der Waals surface area contributed by atoms with Crippen LogP contribution in [0.4, 0.5) is 0 Å². The molecule has 0 saturated carbocycles. The van der Waals surface area contributed by atoms with E-state index in [-0.39, 0.29) is 0 Å². The normalized spacial score (nSPS) is 12.0. The van der Waals surface area contributed by atoms with Crippen LogP contribution in [0.25, 0.3) is 55.5 Å². The summed E-state index contributed by atoms with van der Waals surface area (Å²) in [6.45, 7) is 12.1. The first-order chi connectivity index (χ1) is 20.4. The van der Waals surface area contributed by atoms with Crippen molar-refractivity contribution in [1.82, 2.24) is 9.55 Å². The molecule has 3 nitrogen and oxygen atoms in total. The van der Waals surface area contributed by atoms with Crippen LogP contribution in [0.3, 0.4) is 0 Å². The van der Waals surface area contributed by atoms with Gasteiger partial charge in [0.15, 0.2) is 0 Å². The van der Waals surface area contributed by atoms with E-state index < -0.39 is 0 Å². The van der Waals surface area contributed by atoms with Gasteiger partial charge in [-0.05, 0) is 76.4 Å². The number of hydrogen-bond donors (Lipinski definition) is 0. The second-order valence-electron chi connectivity index (χ2n) is 12.1. The van der Waals surface area contributed by atoms with E-state index in [0.717, 1.165) is 45.5 Å². The van der Waals surface area contributed by atoms with E-state index in [4.69, 9.17) is 9.40 Å². The molecule has 0 spiro atoms. The molecule has 0 atom stereocenters. The van der Waals surface area contributed by atoms with Gasteiger partial charge in [-0.15, -0.1) is 0 Å². The second kappa shape index (κ2) is 10.3. The maximum atomic E-state index is 6.56. The van der Waals surface area contributed by atoms with Crippen molar-refractivity contribution >= 4 is 33.0 Å². The lowest BCUT2D eigenvalue weighted by Crippen LogP contribution is -2.11. The number of aromatic nitrogens is 2. The average Bonchev–Trinajstić information content (AvgIpc) is 3.56. The Bertz CT molecular complexity index is 2050. The summed E-state index contributed by atoms with van der Waals surface area (Å²) in [6.07, 6.45) is 0. The predicted molar refractivity (Wildman–Crippen MR) is 176 cm³/mol.